The maximum atomic E-state index is 12.0. The molecule has 3 rings (SSSR count). The third-order valence-electron chi connectivity index (χ3n) is 3.85. The van der Waals surface area contributed by atoms with E-state index in [0.29, 0.717) is 22.7 Å². The monoisotopic (exact) mass is 401 g/mol. The summed E-state index contributed by atoms with van der Waals surface area (Å²) in [7, 11) is 0. The number of amides is 1. The van der Waals surface area contributed by atoms with Crippen LogP contribution < -0.4 is 5.32 Å². The number of hydrogen-bond donors (Lipinski definition) is 1. The van der Waals surface area contributed by atoms with Gasteiger partial charge in [-0.05, 0) is 50.1 Å². The Morgan fingerprint density at radius 1 is 1.11 bits per heavy atom. The van der Waals surface area contributed by atoms with Gasteiger partial charge in [0.2, 0.25) is 11.8 Å². The Morgan fingerprint density at radius 2 is 1.81 bits per heavy atom. The third-order valence-corrected chi connectivity index (χ3v) is 4.92. The molecule has 2 aromatic carbocycles. The zero-order chi connectivity index (χ0) is 19.2. The first-order chi connectivity index (χ1) is 13.0. The number of hydrogen-bond acceptors (Lipinski definition) is 5. The van der Waals surface area contributed by atoms with E-state index in [-0.39, 0.29) is 11.7 Å². The van der Waals surface area contributed by atoms with E-state index in [1.807, 2.05) is 50.2 Å². The number of nitrogens with zero attached hydrogens (tertiary/aromatic N) is 2. The van der Waals surface area contributed by atoms with Crippen molar-refractivity contribution in [3.8, 4) is 11.5 Å². The number of aromatic nitrogens is 2. The highest BCUT2D eigenvalue weighted by Gasteiger charge is 2.11. The Balaban J connectivity index is 1.46. The molecule has 1 aromatic heterocycles. The summed E-state index contributed by atoms with van der Waals surface area (Å²) in [5, 5.41) is 12.1. The van der Waals surface area contributed by atoms with E-state index in [4.69, 9.17) is 16.0 Å². The summed E-state index contributed by atoms with van der Waals surface area (Å²) in [4.78, 5) is 12.0. The summed E-state index contributed by atoms with van der Waals surface area (Å²) >= 11 is 7.09. The molecule has 0 aliphatic heterocycles. The van der Waals surface area contributed by atoms with Gasteiger partial charge in [-0.1, -0.05) is 52.7 Å². The van der Waals surface area contributed by atoms with Gasteiger partial charge in [-0.3, -0.25) is 4.79 Å². The lowest BCUT2D eigenvalue weighted by molar-refractivity contribution is -0.118. The fraction of sp³-hybridized carbons (Fsp3) is 0.250. The van der Waals surface area contributed by atoms with E-state index in [2.05, 4.69) is 21.6 Å². The molecule has 27 heavy (non-hydrogen) atoms. The Bertz CT molecular complexity index is 905. The largest absolute Gasteiger partial charge is 0.411 e. The maximum Gasteiger partial charge on any atom is 0.277 e. The van der Waals surface area contributed by atoms with E-state index < -0.39 is 0 Å². The van der Waals surface area contributed by atoms with Crippen LogP contribution in [0.15, 0.2) is 52.1 Å². The number of carbonyl (C=O) groups is 1. The van der Waals surface area contributed by atoms with E-state index in [0.717, 1.165) is 28.7 Å². The van der Waals surface area contributed by atoms with Gasteiger partial charge < -0.3 is 9.73 Å². The van der Waals surface area contributed by atoms with Gasteiger partial charge in [-0.25, -0.2) is 0 Å². The number of halogens is 1. The molecule has 140 valence electrons. The average molecular weight is 402 g/mol. The number of aryl methyl sites for hydroxylation is 2. The van der Waals surface area contributed by atoms with Crippen LogP contribution in [0, 0.1) is 13.8 Å². The molecule has 0 saturated heterocycles. The second-order valence-corrected chi connectivity index (χ2v) is 7.63. The number of benzene rings is 2. The Kier molecular flexibility index (Phi) is 6.53. The van der Waals surface area contributed by atoms with Gasteiger partial charge in [0, 0.05) is 17.1 Å². The van der Waals surface area contributed by atoms with Gasteiger partial charge in [-0.15, -0.1) is 10.2 Å². The summed E-state index contributed by atoms with van der Waals surface area (Å²) in [6.07, 6.45) is 0.755. The van der Waals surface area contributed by atoms with Gasteiger partial charge >= 0.3 is 0 Å². The van der Waals surface area contributed by atoms with Gasteiger partial charge in [0.15, 0.2) is 0 Å². The van der Waals surface area contributed by atoms with Crippen molar-refractivity contribution in [3.05, 3.63) is 64.2 Å². The predicted molar refractivity (Wildman–Crippen MR) is 108 cm³/mol. The molecule has 1 amide bonds. The van der Waals surface area contributed by atoms with E-state index in [9.17, 15) is 4.79 Å². The lowest BCUT2D eigenvalue weighted by atomic mass is 10.1. The van der Waals surface area contributed by atoms with Crippen LogP contribution in [0.5, 0.6) is 0 Å². The summed E-state index contributed by atoms with van der Waals surface area (Å²) in [5.41, 5.74) is 4.29. The van der Waals surface area contributed by atoms with Crippen molar-refractivity contribution >= 4 is 29.3 Å². The average Bonchev–Trinajstić information content (AvgIpc) is 3.10. The zero-order valence-corrected chi connectivity index (χ0v) is 16.7. The number of thioether (sulfide) groups is 1. The standard InChI is InChI=1S/C20H20ClN3O2S/c1-13-9-14(2)11-16(10-13)19-23-24-20(26-19)27-12-18(25)22-8-7-15-3-5-17(21)6-4-15/h3-6,9-11H,7-8,12H2,1-2H3,(H,22,25). The topological polar surface area (TPSA) is 68.0 Å². The van der Waals surface area contributed by atoms with Crippen molar-refractivity contribution in [1.29, 1.82) is 0 Å². The number of rotatable bonds is 7. The molecule has 0 spiro atoms. The first-order valence-electron chi connectivity index (χ1n) is 8.56. The molecule has 0 saturated carbocycles. The predicted octanol–water partition coefficient (Wildman–Crippen LogP) is 4.46. The minimum absolute atomic E-state index is 0.0693. The van der Waals surface area contributed by atoms with Gasteiger partial charge in [-0.2, -0.15) is 0 Å². The molecule has 0 aliphatic carbocycles. The minimum Gasteiger partial charge on any atom is -0.411 e. The van der Waals surface area contributed by atoms with Crippen molar-refractivity contribution in [3.63, 3.8) is 0 Å². The lowest BCUT2D eigenvalue weighted by Gasteiger charge is -2.04. The van der Waals surface area contributed by atoms with Crippen molar-refractivity contribution in [1.82, 2.24) is 15.5 Å². The number of nitrogens with one attached hydrogen (secondary N) is 1. The molecule has 0 fully saturated rings. The van der Waals surface area contributed by atoms with Gasteiger partial charge in [0.05, 0.1) is 5.75 Å². The van der Waals surface area contributed by atoms with Crippen LogP contribution in [0.3, 0.4) is 0 Å². The highest BCUT2D eigenvalue weighted by molar-refractivity contribution is 7.99. The second kappa shape index (κ2) is 9.06. The fourth-order valence-corrected chi connectivity index (χ4v) is 3.38. The van der Waals surface area contributed by atoms with Crippen LogP contribution in [0.25, 0.3) is 11.5 Å². The van der Waals surface area contributed by atoms with Crippen molar-refractivity contribution in [2.45, 2.75) is 25.5 Å². The van der Waals surface area contributed by atoms with Crippen molar-refractivity contribution < 1.29 is 9.21 Å². The molecule has 1 N–H and O–H groups in total. The van der Waals surface area contributed by atoms with Crippen LogP contribution >= 0.6 is 23.4 Å². The normalized spacial score (nSPS) is 10.8. The fourth-order valence-electron chi connectivity index (χ4n) is 2.66. The minimum atomic E-state index is -0.0693. The Labute approximate surface area is 167 Å². The van der Waals surface area contributed by atoms with E-state index in [1.54, 1.807) is 0 Å². The summed E-state index contributed by atoms with van der Waals surface area (Å²) < 4.78 is 5.66. The van der Waals surface area contributed by atoms with Crippen molar-refractivity contribution in [2.75, 3.05) is 12.3 Å². The van der Waals surface area contributed by atoms with E-state index in [1.165, 1.54) is 11.8 Å². The molecule has 7 heteroatoms. The molecule has 0 radical (unpaired) electrons. The Morgan fingerprint density at radius 3 is 2.52 bits per heavy atom. The summed E-state index contributed by atoms with van der Waals surface area (Å²) in [6.45, 7) is 4.62. The molecule has 0 unspecified atom stereocenters. The van der Waals surface area contributed by atoms with Crippen molar-refractivity contribution in [2.24, 2.45) is 0 Å². The molecular weight excluding hydrogens is 382 g/mol. The molecule has 1 heterocycles. The van der Waals surface area contributed by atoms with Crippen LogP contribution in [0.1, 0.15) is 16.7 Å². The summed E-state index contributed by atoms with van der Waals surface area (Å²) in [6, 6.07) is 13.7. The first kappa shape index (κ1) is 19.5. The first-order valence-corrected chi connectivity index (χ1v) is 9.92. The van der Waals surface area contributed by atoms with Crippen LogP contribution in [-0.2, 0) is 11.2 Å². The Hall–Kier alpha value is -2.31. The zero-order valence-electron chi connectivity index (χ0n) is 15.2. The molecule has 3 aromatic rings. The third kappa shape index (κ3) is 5.84. The molecular formula is C20H20ClN3O2S. The SMILES string of the molecule is Cc1cc(C)cc(-c2nnc(SCC(=O)NCCc3ccc(Cl)cc3)o2)c1. The quantitative estimate of drug-likeness (QED) is 0.592. The van der Waals surface area contributed by atoms with Gasteiger partial charge in [0.25, 0.3) is 5.22 Å². The lowest BCUT2D eigenvalue weighted by Crippen LogP contribution is -2.27. The second-order valence-electron chi connectivity index (χ2n) is 6.26. The van der Waals surface area contributed by atoms with Crippen LogP contribution in [0.4, 0.5) is 0 Å². The van der Waals surface area contributed by atoms with Crippen LogP contribution in [-0.4, -0.2) is 28.4 Å². The maximum absolute atomic E-state index is 12.0. The summed E-state index contributed by atoms with van der Waals surface area (Å²) in [5.74, 6) is 0.627. The van der Waals surface area contributed by atoms with E-state index >= 15 is 0 Å². The van der Waals surface area contributed by atoms with Crippen LogP contribution in [0.2, 0.25) is 5.02 Å². The highest BCUT2D eigenvalue weighted by atomic mass is 35.5. The molecule has 0 aliphatic rings. The molecule has 5 nitrogen and oxygen atoms in total. The smallest absolute Gasteiger partial charge is 0.277 e. The molecule has 0 atom stereocenters. The highest BCUT2D eigenvalue weighted by Crippen LogP contribution is 2.24. The van der Waals surface area contributed by atoms with Gasteiger partial charge in [0.1, 0.15) is 0 Å². The number of carbonyl (C=O) groups excluding carboxylic acids is 1. The molecule has 0 bridgehead atoms.